The predicted molar refractivity (Wildman–Crippen MR) is 72.8 cm³/mol. The molecular weight excluding hydrogens is 272 g/mol. The van der Waals surface area contributed by atoms with Crippen molar-refractivity contribution < 1.29 is 9.90 Å². The third-order valence-electron chi connectivity index (χ3n) is 4.73. The molecule has 1 aliphatic carbocycles. The van der Waals surface area contributed by atoms with E-state index >= 15 is 0 Å². The Kier molecular flexibility index (Phi) is 2.76. The number of aliphatic carboxylic acids is 1. The van der Waals surface area contributed by atoms with Crippen LogP contribution in [0.5, 0.6) is 0 Å². The summed E-state index contributed by atoms with van der Waals surface area (Å²) in [5.41, 5.74) is 0.538. The molecule has 1 aliphatic heterocycles. The Morgan fingerprint density at radius 1 is 1.29 bits per heavy atom. The van der Waals surface area contributed by atoms with Gasteiger partial charge in [-0.15, -0.1) is 5.10 Å². The van der Waals surface area contributed by atoms with Crippen LogP contribution in [0.1, 0.15) is 32.1 Å². The fourth-order valence-electron chi connectivity index (χ4n) is 3.85. The van der Waals surface area contributed by atoms with Crippen molar-refractivity contribution in [1.82, 2.24) is 25.0 Å². The molecule has 8 nitrogen and oxygen atoms in total. The van der Waals surface area contributed by atoms with E-state index in [1.807, 2.05) is 4.90 Å². The third-order valence-corrected chi connectivity index (χ3v) is 4.73. The van der Waals surface area contributed by atoms with Crippen molar-refractivity contribution in [3.05, 3.63) is 12.4 Å². The predicted octanol–water partition coefficient (Wildman–Crippen LogP) is 0.741. The Hall–Kier alpha value is -2.25. The molecule has 3 heterocycles. The summed E-state index contributed by atoms with van der Waals surface area (Å²) in [6.07, 6.45) is 8.39. The van der Waals surface area contributed by atoms with Crippen LogP contribution < -0.4 is 4.90 Å². The number of fused-ring (bicyclic) bond motifs is 2. The first-order valence-corrected chi connectivity index (χ1v) is 7.29. The highest BCUT2D eigenvalue weighted by molar-refractivity contribution is 5.79. The average Bonchev–Trinajstić information content (AvgIpc) is 3.11. The summed E-state index contributed by atoms with van der Waals surface area (Å²) in [7, 11) is 0. The highest BCUT2D eigenvalue weighted by atomic mass is 16.4. The van der Waals surface area contributed by atoms with Crippen molar-refractivity contribution in [1.29, 1.82) is 0 Å². The van der Waals surface area contributed by atoms with E-state index in [1.165, 1.54) is 6.42 Å². The maximum absolute atomic E-state index is 11.7. The minimum atomic E-state index is -0.783. The Balaban J connectivity index is 1.83. The molecule has 21 heavy (non-hydrogen) atoms. The molecule has 0 bridgehead atoms. The maximum atomic E-state index is 11.7. The molecule has 2 aromatic heterocycles. The summed E-state index contributed by atoms with van der Waals surface area (Å²) in [5, 5.41) is 21.1. The second kappa shape index (κ2) is 4.64. The minimum Gasteiger partial charge on any atom is -0.480 e. The van der Waals surface area contributed by atoms with Crippen LogP contribution in [0.2, 0.25) is 0 Å². The lowest BCUT2D eigenvalue weighted by Crippen LogP contribution is -2.43. The van der Waals surface area contributed by atoms with E-state index in [4.69, 9.17) is 0 Å². The summed E-state index contributed by atoms with van der Waals surface area (Å²) >= 11 is 0. The van der Waals surface area contributed by atoms with Crippen molar-refractivity contribution >= 4 is 17.4 Å². The largest absolute Gasteiger partial charge is 0.480 e. The number of carboxylic acid groups (broad SMARTS) is 1. The minimum absolute atomic E-state index is 0.247. The molecule has 1 saturated carbocycles. The van der Waals surface area contributed by atoms with Gasteiger partial charge in [-0.3, -0.25) is 4.98 Å². The number of carboxylic acids is 1. The van der Waals surface area contributed by atoms with E-state index in [9.17, 15) is 9.90 Å². The molecule has 3 unspecified atom stereocenters. The molecule has 0 aromatic carbocycles. The van der Waals surface area contributed by atoms with Crippen molar-refractivity contribution in [2.75, 3.05) is 4.90 Å². The first-order chi connectivity index (χ1) is 10.3. The second-order valence-corrected chi connectivity index (χ2v) is 5.82. The SMILES string of the molecule is O=C(O)C1CC2CCCCC2N1c1cncc2nnnn12. The monoisotopic (exact) mass is 288 g/mol. The molecular formula is C13H16N6O2. The summed E-state index contributed by atoms with van der Waals surface area (Å²) < 4.78 is 1.58. The second-order valence-electron chi connectivity index (χ2n) is 5.82. The smallest absolute Gasteiger partial charge is 0.326 e. The number of nitrogens with zero attached hydrogens (tertiary/aromatic N) is 6. The summed E-state index contributed by atoms with van der Waals surface area (Å²) in [5.74, 6) is 0.334. The van der Waals surface area contributed by atoms with Gasteiger partial charge < -0.3 is 10.0 Å². The summed E-state index contributed by atoms with van der Waals surface area (Å²) in [4.78, 5) is 17.8. The average molecular weight is 288 g/mol. The van der Waals surface area contributed by atoms with E-state index in [1.54, 1.807) is 16.9 Å². The standard InChI is InChI=1S/C13H16N6O2/c20-13(21)10-5-8-3-1-2-4-9(8)18(10)12-7-14-6-11-15-16-17-19(11)12/h6-10H,1-5H2,(H,20,21). The Morgan fingerprint density at radius 2 is 2.14 bits per heavy atom. The zero-order valence-corrected chi connectivity index (χ0v) is 11.5. The highest BCUT2D eigenvalue weighted by Crippen LogP contribution is 2.42. The van der Waals surface area contributed by atoms with Crippen LogP contribution in [0.4, 0.5) is 5.82 Å². The molecule has 0 radical (unpaired) electrons. The van der Waals surface area contributed by atoms with Crippen LogP contribution in [0.3, 0.4) is 0 Å². The lowest BCUT2D eigenvalue weighted by atomic mass is 9.85. The first kappa shape index (κ1) is 12.5. The van der Waals surface area contributed by atoms with Crippen LogP contribution in [0, 0.1) is 5.92 Å². The number of hydrogen-bond donors (Lipinski definition) is 1. The molecule has 110 valence electrons. The van der Waals surface area contributed by atoms with Gasteiger partial charge in [0.05, 0.1) is 12.4 Å². The van der Waals surface area contributed by atoms with Crippen molar-refractivity contribution in [3.63, 3.8) is 0 Å². The van der Waals surface area contributed by atoms with Gasteiger partial charge in [-0.2, -0.15) is 4.52 Å². The van der Waals surface area contributed by atoms with Gasteiger partial charge in [0.25, 0.3) is 0 Å². The molecule has 0 spiro atoms. The van der Waals surface area contributed by atoms with Gasteiger partial charge in [0.15, 0.2) is 11.5 Å². The zero-order chi connectivity index (χ0) is 14.4. The zero-order valence-electron chi connectivity index (χ0n) is 11.5. The lowest BCUT2D eigenvalue weighted by Gasteiger charge is -2.34. The molecule has 0 amide bonds. The van der Waals surface area contributed by atoms with Gasteiger partial charge in [-0.05, 0) is 35.6 Å². The normalized spacial score (nSPS) is 28.8. The number of rotatable bonds is 2. The fraction of sp³-hybridized carbons (Fsp3) is 0.615. The molecule has 2 fully saturated rings. The van der Waals surface area contributed by atoms with E-state index in [-0.39, 0.29) is 6.04 Å². The van der Waals surface area contributed by atoms with Crippen LogP contribution >= 0.6 is 0 Å². The number of tetrazole rings is 1. The van der Waals surface area contributed by atoms with Crippen molar-refractivity contribution in [2.24, 2.45) is 5.92 Å². The molecule has 2 aliphatic rings. The van der Waals surface area contributed by atoms with E-state index in [0.29, 0.717) is 23.8 Å². The van der Waals surface area contributed by atoms with Crippen LogP contribution in [0.15, 0.2) is 12.4 Å². The van der Waals surface area contributed by atoms with Crippen LogP contribution in [0.25, 0.3) is 5.65 Å². The molecule has 4 rings (SSSR count). The molecule has 1 saturated heterocycles. The fourth-order valence-corrected chi connectivity index (χ4v) is 3.85. The van der Waals surface area contributed by atoms with Gasteiger partial charge in [-0.1, -0.05) is 12.8 Å². The van der Waals surface area contributed by atoms with E-state index in [2.05, 4.69) is 20.5 Å². The molecule has 2 aromatic rings. The Labute approximate surface area is 120 Å². The Morgan fingerprint density at radius 3 is 3.00 bits per heavy atom. The maximum Gasteiger partial charge on any atom is 0.326 e. The summed E-state index contributed by atoms with van der Waals surface area (Å²) in [6.45, 7) is 0. The molecule has 8 heteroatoms. The van der Waals surface area contributed by atoms with Crippen LogP contribution in [-0.4, -0.2) is 48.2 Å². The summed E-state index contributed by atoms with van der Waals surface area (Å²) in [6, 6.07) is -0.272. The van der Waals surface area contributed by atoms with Gasteiger partial charge in [0, 0.05) is 6.04 Å². The first-order valence-electron chi connectivity index (χ1n) is 7.29. The topological polar surface area (TPSA) is 96.5 Å². The van der Waals surface area contributed by atoms with E-state index < -0.39 is 12.0 Å². The molecule has 1 N–H and O–H groups in total. The van der Waals surface area contributed by atoms with Gasteiger partial charge >= 0.3 is 5.97 Å². The number of carbonyl (C=O) groups is 1. The van der Waals surface area contributed by atoms with Crippen molar-refractivity contribution in [2.45, 2.75) is 44.2 Å². The van der Waals surface area contributed by atoms with Crippen LogP contribution in [-0.2, 0) is 4.79 Å². The number of anilines is 1. The molecule has 3 atom stereocenters. The number of aromatic nitrogens is 5. The highest BCUT2D eigenvalue weighted by Gasteiger charge is 2.46. The van der Waals surface area contributed by atoms with Gasteiger partial charge in [0.1, 0.15) is 6.04 Å². The third kappa shape index (κ3) is 1.85. The quantitative estimate of drug-likeness (QED) is 0.870. The lowest BCUT2D eigenvalue weighted by molar-refractivity contribution is -0.138. The van der Waals surface area contributed by atoms with E-state index in [0.717, 1.165) is 19.3 Å². The number of hydrogen-bond acceptors (Lipinski definition) is 6. The van der Waals surface area contributed by atoms with Crippen molar-refractivity contribution in [3.8, 4) is 0 Å². The van der Waals surface area contributed by atoms with Gasteiger partial charge in [-0.25, -0.2) is 4.79 Å². The van der Waals surface area contributed by atoms with Gasteiger partial charge in [0.2, 0.25) is 0 Å². The Bertz CT molecular complexity index is 686.